The zero-order valence-corrected chi connectivity index (χ0v) is 11.2. The van der Waals surface area contributed by atoms with Crippen LogP contribution >= 0.6 is 0 Å². The Morgan fingerprint density at radius 1 is 1.38 bits per heavy atom. The molecule has 0 bridgehead atoms. The molecule has 0 spiro atoms. The van der Waals surface area contributed by atoms with E-state index in [-0.39, 0.29) is 12.6 Å². The van der Waals surface area contributed by atoms with E-state index >= 15 is 0 Å². The summed E-state index contributed by atoms with van der Waals surface area (Å²) in [5.41, 5.74) is 0. The molecule has 3 nitrogen and oxygen atoms in total. The third-order valence-electron chi connectivity index (χ3n) is 3.93. The highest BCUT2D eigenvalue weighted by atomic mass is 16.3. The first-order valence-corrected chi connectivity index (χ1v) is 6.69. The average Bonchev–Trinajstić information content (AvgIpc) is 2.73. The van der Waals surface area contributed by atoms with Crippen LogP contribution in [0.15, 0.2) is 0 Å². The van der Waals surface area contributed by atoms with Crippen LogP contribution in [0.2, 0.25) is 0 Å². The SMILES string of the molecule is CCC(C)C(CO)NC1CCN(C(C)C)C1. The van der Waals surface area contributed by atoms with Gasteiger partial charge in [0.1, 0.15) is 0 Å². The molecule has 1 rings (SSSR count). The van der Waals surface area contributed by atoms with Crippen molar-refractivity contribution >= 4 is 0 Å². The van der Waals surface area contributed by atoms with Crippen LogP contribution in [0.5, 0.6) is 0 Å². The maximum atomic E-state index is 9.39. The minimum atomic E-state index is 0.257. The van der Waals surface area contributed by atoms with Crippen LogP contribution in [0.4, 0.5) is 0 Å². The third kappa shape index (κ3) is 3.72. The number of nitrogens with zero attached hydrogens (tertiary/aromatic N) is 1. The number of hydrogen-bond acceptors (Lipinski definition) is 3. The lowest BCUT2D eigenvalue weighted by atomic mass is 9.99. The zero-order chi connectivity index (χ0) is 12.1. The molecule has 0 aliphatic carbocycles. The standard InChI is InChI=1S/C13H28N2O/c1-5-11(4)13(9-16)14-12-6-7-15(8-12)10(2)3/h10-14,16H,5-9H2,1-4H3. The lowest BCUT2D eigenvalue weighted by molar-refractivity contribution is 0.187. The second-order valence-electron chi connectivity index (χ2n) is 5.42. The summed E-state index contributed by atoms with van der Waals surface area (Å²) in [5.74, 6) is 0.554. The Hall–Kier alpha value is -0.120. The van der Waals surface area contributed by atoms with Crippen molar-refractivity contribution in [2.24, 2.45) is 5.92 Å². The van der Waals surface area contributed by atoms with E-state index in [4.69, 9.17) is 0 Å². The van der Waals surface area contributed by atoms with Crippen molar-refractivity contribution in [3.8, 4) is 0 Å². The summed E-state index contributed by atoms with van der Waals surface area (Å²) < 4.78 is 0. The van der Waals surface area contributed by atoms with Gasteiger partial charge in [0, 0.05) is 24.7 Å². The monoisotopic (exact) mass is 228 g/mol. The Bertz CT molecular complexity index is 196. The minimum Gasteiger partial charge on any atom is -0.395 e. The van der Waals surface area contributed by atoms with Crippen molar-refractivity contribution in [1.82, 2.24) is 10.2 Å². The van der Waals surface area contributed by atoms with Crippen LogP contribution in [-0.4, -0.2) is 47.8 Å². The fourth-order valence-corrected chi connectivity index (χ4v) is 2.38. The number of nitrogens with one attached hydrogen (secondary N) is 1. The van der Waals surface area contributed by atoms with Gasteiger partial charge in [0.25, 0.3) is 0 Å². The molecule has 0 amide bonds. The minimum absolute atomic E-state index is 0.257. The molecule has 1 heterocycles. The van der Waals surface area contributed by atoms with Gasteiger partial charge in [-0.1, -0.05) is 20.3 Å². The van der Waals surface area contributed by atoms with E-state index in [2.05, 4.69) is 37.9 Å². The maximum Gasteiger partial charge on any atom is 0.0587 e. The Morgan fingerprint density at radius 3 is 2.50 bits per heavy atom. The molecule has 3 unspecified atom stereocenters. The van der Waals surface area contributed by atoms with Gasteiger partial charge in [0.05, 0.1) is 6.61 Å². The summed E-state index contributed by atoms with van der Waals surface area (Å²) in [5, 5.41) is 13.0. The van der Waals surface area contributed by atoms with Gasteiger partial charge in [-0.15, -0.1) is 0 Å². The number of likely N-dealkylation sites (tertiary alicyclic amines) is 1. The summed E-state index contributed by atoms with van der Waals surface area (Å²) in [7, 11) is 0. The second-order valence-corrected chi connectivity index (χ2v) is 5.42. The van der Waals surface area contributed by atoms with Gasteiger partial charge in [-0.3, -0.25) is 4.90 Å². The smallest absolute Gasteiger partial charge is 0.0587 e. The first kappa shape index (κ1) is 13.9. The van der Waals surface area contributed by atoms with E-state index in [0.717, 1.165) is 13.0 Å². The molecule has 3 atom stereocenters. The van der Waals surface area contributed by atoms with Gasteiger partial charge < -0.3 is 10.4 Å². The highest BCUT2D eigenvalue weighted by molar-refractivity contribution is 4.86. The molecular weight excluding hydrogens is 200 g/mol. The normalized spacial score (nSPS) is 26.2. The lowest BCUT2D eigenvalue weighted by Gasteiger charge is -2.27. The van der Waals surface area contributed by atoms with Gasteiger partial charge in [0.15, 0.2) is 0 Å². The van der Waals surface area contributed by atoms with Gasteiger partial charge in [0.2, 0.25) is 0 Å². The molecule has 96 valence electrons. The fourth-order valence-electron chi connectivity index (χ4n) is 2.38. The molecule has 0 aromatic carbocycles. The Morgan fingerprint density at radius 2 is 2.06 bits per heavy atom. The summed E-state index contributed by atoms with van der Waals surface area (Å²) in [6.07, 6.45) is 2.34. The summed E-state index contributed by atoms with van der Waals surface area (Å²) in [6.45, 7) is 11.5. The highest BCUT2D eigenvalue weighted by Gasteiger charge is 2.27. The van der Waals surface area contributed by atoms with Crippen LogP contribution in [0, 0.1) is 5.92 Å². The van der Waals surface area contributed by atoms with Crippen molar-refractivity contribution in [1.29, 1.82) is 0 Å². The predicted molar refractivity (Wildman–Crippen MR) is 68.6 cm³/mol. The van der Waals surface area contributed by atoms with E-state index < -0.39 is 0 Å². The van der Waals surface area contributed by atoms with E-state index in [9.17, 15) is 5.11 Å². The van der Waals surface area contributed by atoms with Gasteiger partial charge in [-0.2, -0.15) is 0 Å². The molecule has 1 saturated heterocycles. The average molecular weight is 228 g/mol. The Balaban J connectivity index is 2.37. The van der Waals surface area contributed by atoms with Crippen LogP contribution in [0.1, 0.15) is 40.5 Å². The molecule has 1 aliphatic heterocycles. The Labute approximate surface area is 100 Å². The van der Waals surface area contributed by atoms with Gasteiger partial charge >= 0.3 is 0 Å². The maximum absolute atomic E-state index is 9.39. The Kier molecular flexibility index (Phi) is 5.73. The summed E-state index contributed by atoms with van der Waals surface area (Å²) in [6, 6.07) is 1.47. The molecule has 1 aliphatic rings. The second kappa shape index (κ2) is 6.58. The van der Waals surface area contributed by atoms with Crippen molar-refractivity contribution < 1.29 is 5.11 Å². The molecule has 0 saturated carbocycles. The van der Waals surface area contributed by atoms with Crippen molar-refractivity contribution in [2.75, 3.05) is 19.7 Å². The largest absolute Gasteiger partial charge is 0.395 e. The topological polar surface area (TPSA) is 35.5 Å². The number of hydrogen-bond donors (Lipinski definition) is 2. The fraction of sp³-hybridized carbons (Fsp3) is 1.00. The molecule has 0 radical (unpaired) electrons. The number of aliphatic hydroxyl groups excluding tert-OH is 1. The first-order chi connectivity index (χ1) is 7.58. The third-order valence-corrected chi connectivity index (χ3v) is 3.93. The van der Waals surface area contributed by atoms with E-state index in [0.29, 0.717) is 18.0 Å². The van der Waals surface area contributed by atoms with Crippen LogP contribution in [-0.2, 0) is 0 Å². The molecule has 16 heavy (non-hydrogen) atoms. The van der Waals surface area contributed by atoms with Gasteiger partial charge in [-0.25, -0.2) is 0 Å². The first-order valence-electron chi connectivity index (χ1n) is 6.69. The number of rotatable bonds is 6. The highest BCUT2D eigenvalue weighted by Crippen LogP contribution is 2.15. The van der Waals surface area contributed by atoms with Gasteiger partial charge in [-0.05, 0) is 32.7 Å². The molecule has 1 fully saturated rings. The van der Waals surface area contributed by atoms with Crippen LogP contribution < -0.4 is 5.32 Å². The number of aliphatic hydroxyl groups is 1. The summed E-state index contributed by atoms with van der Waals surface area (Å²) >= 11 is 0. The van der Waals surface area contributed by atoms with E-state index in [1.165, 1.54) is 13.0 Å². The quantitative estimate of drug-likeness (QED) is 0.722. The molecule has 3 heteroatoms. The molecular formula is C13H28N2O. The predicted octanol–water partition coefficient (Wildman–Crippen LogP) is 1.47. The van der Waals surface area contributed by atoms with Crippen molar-refractivity contribution in [3.05, 3.63) is 0 Å². The van der Waals surface area contributed by atoms with E-state index in [1.54, 1.807) is 0 Å². The van der Waals surface area contributed by atoms with E-state index in [1.807, 2.05) is 0 Å². The van der Waals surface area contributed by atoms with Crippen molar-refractivity contribution in [3.63, 3.8) is 0 Å². The molecule has 0 aromatic rings. The zero-order valence-electron chi connectivity index (χ0n) is 11.2. The van der Waals surface area contributed by atoms with Crippen LogP contribution in [0.3, 0.4) is 0 Å². The lowest BCUT2D eigenvalue weighted by Crippen LogP contribution is -2.45. The summed E-state index contributed by atoms with van der Waals surface area (Å²) in [4.78, 5) is 2.50. The molecule has 0 aromatic heterocycles. The molecule has 2 N–H and O–H groups in total. The van der Waals surface area contributed by atoms with Crippen molar-refractivity contribution in [2.45, 2.75) is 58.7 Å². The van der Waals surface area contributed by atoms with Crippen LogP contribution in [0.25, 0.3) is 0 Å².